The van der Waals surface area contributed by atoms with Gasteiger partial charge >= 0.3 is 12.1 Å². The van der Waals surface area contributed by atoms with E-state index >= 15 is 0 Å². The second kappa shape index (κ2) is 4.75. The molecule has 1 aromatic carbocycles. The summed E-state index contributed by atoms with van der Waals surface area (Å²) >= 11 is 0. The van der Waals surface area contributed by atoms with Crippen LogP contribution in [0.5, 0.6) is 0 Å². The molecule has 0 saturated carbocycles. The fourth-order valence-corrected chi connectivity index (χ4v) is 1.23. The van der Waals surface area contributed by atoms with Crippen LogP contribution in [0.2, 0.25) is 0 Å². The van der Waals surface area contributed by atoms with Gasteiger partial charge in [-0.2, -0.15) is 22.0 Å². The molecule has 0 aliphatic rings. The number of aliphatic hydroxyl groups is 1. The third kappa shape index (κ3) is 2.74. The van der Waals surface area contributed by atoms with Crippen LogP contribution in [0.25, 0.3) is 0 Å². The molecule has 1 N–H and O–H groups in total. The number of aliphatic hydroxyl groups excluding tert-OH is 1. The van der Waals surface area contributed by atoms with Crippen molar-refractivity contribution in [2.24, 2.45) is 0 Å². The second-order valence-electron chi connectivity index (χ2n) is 3.48. The summed E-state index contributed by atoms with van der Waals surface area (Å²) in [6.07, 6.45) is -11.5. The first kappa shape index (κ1) is 14.7. The van der Waals surface area contributed by atoms with Crippen molar-refractivity contribution in [1.29, 1.82) is 0 Å². The molecule has 8 heteroatoms. The van der Waals surface area contributed by atoms with Gasteiger partial charge in [0, 0.05) is 5.56 Å². The molecule has 0 saturated heterocycles. The molecule has 0 amide bonds. The summed E-state index contributed by atoms with van der Waals surface area (Å²) in [6.45, 7) is 0. The van der Waals surface area contributed by atoms with Crippen LogP contribution in [-0.4, -0.2) is 17.7 Å². The largest absolute Gasteiger partial charge is 0.458 e. The predicted octanol–water partition coefficient (Wildman–Crippen LogP) is 3.64. The fourth-order valence-electron chi connectivity index (χ4n) is 1.23. The Balaban J connectivity index is 3.17. The van der Waals surface area contributed by atoms with Crippen LogP contribution in [0.1, 0.15) is 17.2 Å². The van der Waals surface area contributed by atoms with Crippen LogP contribution in [0.3, 0.4) is 0 Å². The van der Waals surface area contributed by atoms with E-state index < -0.39 is 35.8 Å². The van der Waals surface area contributed by atoms with E-state index in [4.69, 9.17) is 5.11 Å². The van der Waals surface area contributed by atoms with Crippen LogP contribution in [0.4, 0.5) is 30.7 Å². The van der Waals surface area contributed by atoms with Crippen LogP contribution in [0, 0.1) is 0 Å². The molecule has 0 fully saturated rings. The monoisotopic (exact) mass is 276 g/mol. The summed E-state index contributed by atoms with van der Waals surface area (Å²) in [5.74, 6) is -5.16. The highest BCUT2D eigenvalue weighted by Crippen LogP contribution is 2.44. The van der Waals surface area contributed by atoms with Crippen molar-refractivity contribution < 1.29 is 35.8 Å². The fraction of sp³-hybridized carbons (Fsp3) is 0.400. The summed E-state index contributed by atoms with van der Waals surface area (Å²) in [6, 6.07) is 2.25. The molecule has 102 valence electrons. The maximum absolute atomic E-state index is 12.9. The van der Waals surface area contributed by atoms with E-state index in [0.717, 1.165) is 12.1 Å². The van der Waals surface area contributed by atoms with Crippen molar-refractivity contribution in [3.05, 3.63) is 35.4 Å². The van der Waals surface area contributed by atoms with Crippen molar-refractivity contribution >= 4 is 0 Å². The van der Waals surface area contributed by atoms with Crippen LogP contribution >= 0.6 is 0 Å². The molecule has 1 nitrogen and oxygen atoms in total. The lowest BCUT2D eigenvalue weighted by Crippen LogP contribution is -2.33. The second-order valence-corrected chi connectivity index (χ2v) is 3.48. The molecule has 1 aromatic rings. The van der Waals surface area contributed by atoms with E-state index in [-0.39, 0.29) is 6.07 Å². The standard InChI is InChI=1S/C10H7F7O/c11-8(12)7(18)5-2-1-3-6(4-5)9(13,14)10(15,16)17/h1-4,7-8,18H. The number of hydrogen-bond donors (Lipinski definition) is 1. The Kier molecular flexibility index (Phi) is 3.89. The zero-order valence-corrected chi connectivity index (χ0v) is 8.56. The Labute approximate surface area is 96.8 Å². The third-order valence-electron chi connectivity index (χ3n) is 2.19. The molecular formula is C10H7F7O. The average molecular weight is 276 g/mol. The number of halogens is 7. The summed E-state index contributed by atoms with van der Waals surface area (Å²) in [4.78, 5) is 0. The maximum Gasteiger partial charge on any atom is 0.458 e. The summed E-state index contributed by atoms with van der Waals surface area (Å²) in [7, 11) is 0. The smallest absolute Gasteiger partial charge is 0.382 e. The van der Waals surface area contributed by atoms with E-state index in [2.05, 4.69) is 0 Å². The first-order valence-corrected chi connectivity index (χ1v) is 4.58. The maximum atomic E-state index is 12.9. The zero-order chi connectivity index (χ0) is 14.1. The average Bonchev–Trinajstić information content (AvgIpc) is 2.26. The minimum Gasteiger partial charge on any atom is -0.382 e. The topological polar surface area (TPSA) is 20.2 Å². The summed E-state index contributed by atoms with van der Waals surface area (Å²) < 4.78 is 86.2. The van der Waals surface area contributed by atoms with Gasteiger partial charge in [0.15, 0.2) is 0 Å². The summed E-state index contributed by atoms with van der Waals surface area (Å²) in [5.41, 5.74) is -2.20. The highest BCUT2D eigenvalue weighted by molar-refractivity contribution is 5.29. The molecule has 18 heavy (non-hydrogen) atoms. The van der Waals surface area contributed by atoms with Crippen molar-refractivity contribution in [3.8, 4) is 0 Å². The Hall–Kier alpha value is -1.31. The Bertz CT molecular complexity index is 413. The van der Waals surface area contributed by atoms with Gasteiger partial charge in [-0.25, -0.2) is 8.78 Å². The molecule has 0 spiro atoms. The predicted molar refractivity (Wildman–Crippen MR) is 47.4 cm³/mol. The van der Waals surface area contributed by atoms with Gasteiger partial charge in [0.25, 0.3) is 6.43 Å². The van der Waals surface area contributed by atoms with Gasteiger partial charge in [0.2, 0.25) is 0 Å². The van der Waals surface area contributed by atoms with Crippen molar-refractivity contribution in [2.45, 2.75) is 24.6 Å². The van der Waals surface area contributed by atoms with Crippen molar-refractivity contribution in [1.82, 2.24) is 0 Å². The van der Waals surface area contributed by atoms with Gasteiger partial charge in [-0.05, 0) is 11.6 Å². The van der Waals surface area contributed by atoms with Gasteiger partial charge in [0.1, 0.15) is 6.10 Å². The SMILES string of the molecule is OC(c1cccc(C(F)(F)C(F)(F)F)c1)C(F)F. The molecule has 0 aliphatic carbocycles. The lowest BCUT2D eigenvalue weighted by molar-refractivity contribution is -0.289. The van der Waals surface area contributed by atoms with E-state index in [9.17, 15) is 30.7 Å². The van der Waals surface area contributed by atoms with E-state index in [1.807, 2.05) is 0 Å². The number of benzene rings is 1. The quantitative estimate of drug-likeness (QED) is 0.836. The zero-order valence-electron chi connectivity index (χ0n) is 8.56. The number of rotatable bonds is 3. The number of alkyl halides is 7. The molecular weight excluding hydrogens is 269 g/mol. The normalized spacial score (nSPS) is 14.9. The first-order chi connectivity index (χ1) is 8.07. The van der Waals surface area contributed by atoms with Gasteiger partial charge in [-0.1, -0.05) is 18.2 Å². The lowest BCUT2D eigenvalue weighted by Gasteiger charge is -2.21. The third-order valence-corrected chi connectivity index (χ3v) is 2.19. The van der Waals surface area contributed by atoms with Crippen molar-refractivity contribution in [2.75, 3.05) is 0 Å². The minimum absolute atomic E-state index is 0.213. The molecule has 1 rings (SSSR count). The molecule has 0 bridgehead atoms. The van der Waals surface area contributed by atoms with Gasteiger partial charge < -0.3 is 5.11 Å². The molecule has 0 radical (unpaired) electrons. The van der Waals surface area contributed by atoms with Crippen LogP contribution in [0.15, 0.2) is 24.3 Å². The highest BCUT2D eigenvalue weighted by atomic mass is 19.4. The first-order valence-electron chi connectivity index (χ1n) is 4.58. The molecule has 1 atom stereocenters. The van der Waals surface area contributed by atoms with Gasteiger partial charge in [-0.15, -0.1) is 0 Å². The van der Waals surface area contributed by atoms with Gasteiger partial charge in [0.05, 0.1) is 0 Å². The van der Waals surface area contributed by atoms with Gasteiger partial charge in [-0.3, -0.25) is 0 Å². The van der Waals surface area contributed by atoms with Crippen LogP contribution in [-0.2, 0) is 5.92 Å². The van der Waals surface area contributed by atoms with E-state index in [0.29, 0.717) is 6.07 Å². The number of hydrogen-bond acceptors (Lipinski definition) is 1. The minimum atomic E-state index is -5.83. The van der Waals surface area contributed by atoms with E-state index in [1.54, 1.807) is 0 Å². The Morgan fingerprint density at radius 3 is 2.00 bits per heavy atom. The highest BCUT2D eigenvalue weighted by Gasteiger charge is 2.58. The molecule has 0 heterocycles. The summed E-state index contributed by atoms with van der Waals surface area (Å²) in [5, 5.41) is 8.91. The molecule has 0 aromatic heterocycles. The Morgan fingerprint density at radius 1 is 1.00 bits per heavy atom. The molecule has 0 aliphatic heterocycles. The van der Waals surface area contributed by atoms with Crippen LogP contribution < -0.4 is 0 Å². The Morgan fingerprint density at radius 2 is 1.56 bits per heavy atom. The molecule has 1 unspecified atom stereocenters. The van der Waals surface area contributed by atoms with E-state index in [1.165, 1.54) is 0 Å². The van der Waals surface area contributed by atoms with Crippen molar-refractivity contribution in [3.63, 3.8) is 0 Å². The lowest BCUT2D eigenvalue weighted by atomic mass is 10.0.